The fraction of sp³-hybridized carbons (Fsp3) is 0.529. The molecule has 0 radical (unpaired) electrons. The van der Waals surface area contributed by atoms with Gasteiger partial charge >= 0.3 is 0 Å². The van der Waals surface area contributed by atoms with E-state index in [4.69, 9.17) is 6.42 Å². The zero-order chi connectivity index (χ0) is 14.4. The second-order valence-corrected chi connectivity index (χ2v) is 7.02. The van der Waals surface area contributed by atoms with Crippen molar-refractivity contribution < 1.29 is 0 Å². The highest BCUT2D eigenvalue weighted by atomic mass is 32.2. The molecule has 0 bridgehead atoms. The van der Waals surface area contributed by atoms with E-state index >= 15 is 0 Å². The summed E-state index contributed by atoms with van der Waals surface area (Å²) in [6, 6.07) is 11.3. The van der Waals surface area contributed by atoms with Gasteiger partial charge in [0.05, 0.1) is 5.75 Å². The number of thioether (sulfide) groups is 1. The number of hydrogen-bond donors (Lipinski definition) is 1. The second-order valence-electron chi connectivity index (χ2n) is 5.92. The minimum atomic E-state index is 0.183. The highest BCUT2D eigenvalue weighted by Gasteiger charge is 2.32. The van der Waals surface area contributed by atoms with Crippen LogP contribution in [0.5, 0.6) is 0 Å². The number of rotatable bonds is 5. The molecule has 1 N–H and O–H groups in total. The van der Waals surface area contributed by atoms with Crippen molar-refractivity contribution in [2.75, 3.05) is 31.1 Å². The first-order valence-corrected chi connectivity index (χ1v) is 8.33. The Hall–Kier alpha value is -0.950. The lowest BCUT2D eigenvalue weighted by Crippen LogP contribution is -2.58. The molecule has 0 spiro atoms. The molecule has 1 fully saturated rings. The summed E-state index contributed by atoms with van der Waals surface area (Å²) in [6.45, 7) is 7.72. The highest BCUT2D eigenvalue weighted by molar-refractivity contribution is 7.99. The lowest BCUT2D eigenvalue weighted by molar-refractivity contribution is 0.102. The molecule has 20 heavy (non-hydrogen) atoms. The van der Waals surface area contributed by atoms with Crippen molar-refractivity contribution in [2.45, 2.75) is 25.4 Å². The highest BCUT2D eigenvalue weighted by Crippen LogP contribution is 2.26. The van der Waals surface area contributed by atoms with Gasteiger partial charge in [-0.1, -0.05) is 36.3 Å². The number of nitrogens with zero attached hydrogens (tertiary/aromatic N) is 1. The molecular formula is C17H24N2S. The van der Waals surface area contributed by atoms with Crippen molar-refractivity contribution in [3.05, 3.63) is 35.9 Å². The van der Waals surface area contributed by atoms with E-state index in [-0.39, 0.29) is 5.54 Å². The minimum absolute atomic E-state index is 0.183. The monoisotopic (exact) mass is 288 g/mol. The van der Waals surface area contributed by atoms with E-state index in [0.29, 0.717) is 6.04 Å². The third kappa shape index (κ3) is 4.28. The largest absolute Gasteiger partial charge is 0.309 e. The van der Waals surface area contributed by atoms with Crippen molar-refractivity contribution in [1.82, 2.24) is 10.2 Å². The SMILES string of the molecule is C#CCSCCN1CC(C)(C)NCC1c1ccccc1. The Balaban J connectivity index is 2.02. The normalized spacial score (nSPS) is 22.4. The molecule has 1 atom stereocenters. The molecule has 1 saturated heterocycles. The smallest absolute Gasteiger partial charge is 0.0545 e. The summed E-state index contributed by atoms with van der Waals surface area (Å²) in [5, 5.41) is 3.66. The third-order valence-corrected chi connectivity index (χ3v) is 4.55. The van der Waals surface area contributed by atoms with E-state index in [9.17, 15) is 0 Å². The molecule has 2 nitrogen and oxygen atoms in total. The average molecular weight is 288 g/mol. The van der Waals surface area contributed by atoms with Gasteiger partial charge < -0.3 is 5.32 Å². The Morgan fingerprint density at radius 2 is 2.15 bits per heavy atom. The van der Waals surface area contributed by atoms with Crippen LogP contribution in [-0.4, -0.2) is 41.6 Å². The van der Waals surface area contributed by atoms with Gasteiger partial charge in [0.2, 0.25) is 0 Å². The number of terminal acetylenes is 1. The maximum atomic E-state index is 5.31. The number of benzene rings is 1. The first kappa shape index (κ1) is 15.4. The fourth-order valence-electron chi connectivity index (χ4n) is 2.73. The van der Waals surface area contributed by atoms with Crippen molar-refractivity contribution in [2.24, 2.45) is 0 Å². The third-order valence-electron chi connectivity index (χ3n) is 3.71. The van der Waals surface area contributed by atoms with Crippen molar-refractivity contribution in [1.29, 1.82) is 0 Å². The van der Waals surface area contributed by atoms with Crippen LogP contribution in [-0.2, 0) is 0 Å². The molecule has 1 aromatic rings. The van der Waals surface area contributed by atoms with Crippen LogP contribution < -0.4 is 5.32 Å². The summed E-state index contributed by atoms with van der Waals surface area (Å²) < 4.78 is 0. The van der Waals surface area contributed by atoms with E-state index in [1.165, 1.54) is 5.56 Å². The van der Waals surface area contributed by atoms with E-state index in [1.807, 2.05) is 11.8 Å². The molecular weight excluding hydrogens is 264 g/mol. The molecule has 1 heterocycles. The van der Waals surface area contributed by atoms with Crippen molar-refractivity contribution in [3.8, 4) is 12.3 Å². The maximum Gasteiger partial charge on any atom is 0.0545 e. The molecule has 1 aliphatic rings. The van der Waals surface area contributed by atoms with Gasteiger partial charge in [-0.2, -0.15) is 0 Å². The van der Waals surface area contributed by atoms with Gasteiger partial charge in [-0.25, -0.2) is 0 Å². The van der Waals surface area contributed by atoms with Crippen LogP contribution in [0.2, 0.25) is 0 Å². The Bertz CT molecular complexity index is 450. The summed E-state index contributed by atoms with van der Waals surface area (Å²) in [4.78, 5) is 2.59. The predicted octanol–water partition coefficient (Wildman–Crippen LogP) is 2.78. The quantitative estimate of drug-likeness (QED) is 0.662. The molecule has 0 aromatic heterocycles. The topological polar surface area (TPSA) is 15.3 Å². The molecule has 1 unspecified atom stereocenters. The molecule has 0 saturated carbocycles. The standard InChI is InChI=1S/C17H24N2S/c1-4-11-20-12-10-19-14-17(2,3)18-13-16(19)15-8-6-5-7-9-15/h1,5-9,16,18H,10-14H2,2-3H3. The molecule has 0 amide bonds. The first-order valence-electron chi connectivity index (χ1n) is 7.17. The number of piperazine rings is 1. The van der Waals surface area contributed by atoms with Crippen LogP contribution in [0.3, 0.4) is 0 Å². The van der Waals surface area contributed by atoms with Crippen LogP contribution in [0.4, 0.5) is 0 Å². The van der Waals surface area contributed by atoms with E-state index in [1.54, 1.807) is 0 Å². The summed E-state index contributed by atoms with van der Waals surface area (Å²) in [5.41, 5.74) is 1.58. The molecule has 3 heteroatoms. The van der Waals surface area contributed by atoms with Crippen LogP contribution in [0.15, 0.2) is 30.3 Å². The van der Waals surface area contributed by atoms with Gasteiger partial charge in [0.25, 0.3) is 0 Å². The zero-order valence-electron chi connectivity index (χ0n) is 12.4. The Kier molecular flexibility index (Phi) is 5.54. The first-order chi connectivity index (χ1) is 9.62. The lowest BCUT2D eigenvalue weighted by atomic mass is 9.95. The molecule has 0 aliphatic carbocycles. The average Bonchev–Trinajstić information content (AvgIpc) is 2.44. The predicted molar refractivity (Wildman–Crippen MR) is 89.0 cm³/mol. The number of hydrogen-bond acceptors (Lipinski definition) is 3. The Labute approximate surface area is 127 Å². The van der Waals surface area contributed by atoms with Gasteiger partial charge in [-0.05, 0) is 19.4 Å². The van der Waals surface area contributed by atoms with Crippen LogP contribution in [0.1, 0.15) is 25.5 Å². The van der Waals surface area contributed by atoms with Gasteiger partial charge in [0, 0.05) is 37.0 Å². The molecule has 2 rings (SSSR count). The molecule has 108 valence electrons. The van der Waals surface area contributed by atoms with Gasteiger partial charge in [0.15, 0.2) is 0 Å². The number of nitrogens with one attached hydrogen (secondary N) is 1. The lowest BCUT2D eigenvalue weighted by Gasteiger charge is -2.45. The molecule has 1 aromatic carbocycles. The molecule has 1 aliphatic heterocycles. The summed E-state index contributed by atoms with van der Waals surface area (Å²) in [7, 11) is 0. The minimum Gasteiger partial charge on any atom is -0.309 e. The maximum absolute atomic E-state index is 5.31. The van der Waals surface area contributed by atoms with Gasteiger partial charge in [0.1, 0.15) is 0 Å². The summed E-state index contributed by atoms with van der Waals surface area (Å²) in [6.07, 6.45) is 5.31. The van der Waals surface area contributed by atoms with Crippen LogP contribution >= 0.6 is 11.8 Å². The summed E-state index contributed by atoms with van der Waals surface area (Å²) >= 11 is 1.85. The van der Waals surface area contributed by atoms with E-state index in [0.717, 1.165) is 31.1 Å². The Morgan fingerprint density at radius 3 is 2.85 bits per heavy atom. The van der Waals surface area contributed by atoms with Crippen LogP contribution in [0.25, 0.3) is 0 Å². The van der Waals surface area contributed by atoms with E-state index < -0.39 is 0 Å². The van der Waals surface area contributed by atoms with E-state index in [2.05, 4.69) is 60.3 Å². The zero-order valence-corrected chi connectivity index (χ0v) is 13.2. The summed E-state index contributed by atoms with van der Waals surface area (Å²) in [5.74, 6) is 4.61. The second kappa shape index (κ2) is 7.17. The van der Waals surface area contributed by atoms with Crippen molar-refractivity contribution in [3.63, 3.8) is 0 Å². The van der Waals surface area contributed by atoms with Crippen LogP contribution in [0, 0.1) is 12.3 Å². The van der Waals surface area contributed by atoms with Crippen molar-refractivity contribution >= 4 is 11.8 Å². The fourth-order valence-corrected chi connectivity index (χ4v) is 3.35. The Morgan fingerprint density at radius 1 is 1.40 bits per heavy atom. The van der Waals surface area contributed by atoms with Gasteiger partial charge in [-0.3, -0.25) is 4.90 Å². The van der Waals surface area contributed by atoms with Gasteiger partial charge in [-0.15, -0.1) is 18.2 Å².